The number of anilines is 2. The fraction of sp³-hybridized carbons (Fsp3) is 0.0417. The van der Waals surface area contributed by atoms with Gasteiger partial charge in [-0.2, -0.15) is 10.2 Å². The van der Waals surface area contributed by atoms with Gasteiger partial charge in [-0.3, -0.25) is 14.6 Å². The van der Waals surface area contributed by atoms with Crippen molar-refractivity contribution in [3.63, 3.8) is 0 Å². The van der Waals surface area contributed by atoms with Gasteiger partial charge in [-0.05, 0) is 41.0 Å². The number of amides is 1. The highest BCUT2D eigenvalue weighted by molar-refractivity contribution is 6.11. The van der Waals surface area contributed by atoms with Crippen LogP contribution >= 0.6 is 0 Å². The molecule has 0 unspecified atom stereocenters. The smallest absolute Gasteiger partial charge is 0.276 e. The third-order valence-corrected chi connectivity index (χ3v) is 5.07. The Kier molecular flexibility index (Phi) is 4.68. The Morgan fingerprint density at radius 1 is 1.00 bits per heavy atom. The maximum Gasteiger partial charge on any atom is 0.276 e. The normalized spacial score (nSPS) is 11.0. The Balaban J connectivity index is 1.36. The largest absolute Gasteiger partial charge is 0.399 e. The number of H-pyrrole nitrogens is 1. The van der Waals surface area contributed by atoms with Gasteiger partial charge in [0.25, 0.3) is 5.91 Å². The molecule has 5 aromatic rings. The second-order valence-corrected chi connectivity index (χ2v) is 7.32. The first kappa shape index (κ1) is 18.6. The van der Waals surface area contributed by atoms with E-state index in [1.54, 1.807) is 17.1 Å². The third-order valence-electron chi connectivity index (χ3n) is 5.07. The quantitative estimate of drug-likeness (QED) is 0.377. The summed E-state index contributed by atoms with van der Waals surface area (Å²) in [4.78, 5) is 12.9. The number of aromatic amines is 1. The molecule has 0 radical (unpaired) electrons. The van der Waals surface area contributed by atoms with Crippen LogP contribution in [-0.2, 0) is 6.54 Å². The van der Waals surface area contributed by atoms with E-state index in [-0.39, 0.29) is 5.91 Å². The summed E-state index contributed by atoms with van der Waals surface area (Å²) in [5.41, 5.74) is 11.4. The average Bonchev–Trinajstić information content (AvgIpc) is 3.40. The second-order valence-electron chi connectivity index (χ2n) is 7.32. The van der Waals surface area contributed by atoms with E-state index in [0.29, 0.717) is 23.6 Å². The topological polar surface area (TPSA) is 102 Å². The zero-order valence-corrected chi connectivity index (χ0v) is 16.6. The van der Waals surface area contributed by atoms with Gasteiger partial charge in [0.2, 0.25) is 0 Å². The standard InChI is InChI=1S/C24H20N6O/c25-19-8-4-5-16(11-19)14-30-15-20(13-26-30)27-24(31)23-21-12-18(9-10-22(21)28-29-23)17-6-2-1-3-7-17/h1-13,15H,14,25H2,(H,27,31)(H,28,29). The SMILES string of the molecule is Nc1cccc(Cn2cc(NC(=O)c3n[nH]c4ccc(-c5ccccc5)cc34)cn2)c1. The molecule has 0 aliphatic carbocycles. The Morgan fingerprint density at radius 3 is 2.71 bits per heavy atom. The van der Waals surface area contributed by atoms with Gasteiger partial charge in [0.05, 0.1) is 23.9 Å². The van der Waals surface area contributed by atoms with E-state index < -0.39 is 0 Å². The molecule has 2 heterocycles. The lowest BCUT2D eigenvalue weighted by atomic mass is 10.0. The molecule has 4 N–H and O–H groups in total. The van der Waals surface area contributed by atoms with Crippen LogP contribution < -0.4 is 11.1 Å². The predicted molar refractivity (Wildman–Crippen MR) is 122 cm³/mol. The fourth-order valence-corrected chi connectivity index (χ4v) is 3.58. The molecule has 7 heteroatoms. The molecule has 5 rings (SSSR count). The minimum absolute atomic E-state index is 0.292. The number of nitrogens with two attached hydrogens (primary N) is 1. The van der Waals surface area contributed by atoms with Crippen LogP contribution in [-0.4, -0.2) is 25.9 Å². The zero-order valence-electron chi connectivity index (χ0n) is 16.6. The van der Waals surface area contributed by atoms with Crippen LogP contribution in [0.25, 0.3) is 22.0 Å². The third kappa shape index (κ3) is 3.89. The van der Waals surface area contributed by atoms with Crippen molar-refractivity contribution in [1.82, 2.24) is 20.0 Å². The Morgan fingerprint density at radius 2 is 1.87 bits per heavy atom. The van der Waals surface area contributed by atoms with Crippen LogP contribution in [0.4, 0.5) is 11.4 Å². The highest BCUT2D eigenvalue weighted by Crippen LogP contribution is 2.25. The van der Waals surface area contributed by atoms with Gasteiger partial charge in [-0.1, -0.05) is 48.5 Å². The summed E-state index contributed by atoms with van der Waals surface area (Å²) in [5, 5.41) is 15.1. The molecule has 0 fully saturated rings. The number of nitrogens with zero attached hydrogens (tertiary/aromatic N) is 3. The Bertz CT molecular complexity index is 1370. The number of aromatic nitrogens is 4. The van der Waals surface area contributed by atoms with E-state index in [4.69, 9.17) is 5.73 Å². The summed E-state index contributed by atoms with van der Waals surface area (Å²) in [6, 6.07) is 23.6. The highest BCUT2D eigenvalue weighted by atomic mass is 16.2. The first-order valence-electron chi connectivity index (χ1n) is 9.87. The van der Waals surface area contributed by atoms with E-state index in [1.807, 2.05) is 72.8 Å². The zero-order chi connectivity index (χ0) is 21.2. The first-order valence-corrected chi connectivity index (χ1v) is 9.87. The van der Waals surface area contributed by atoms with Crippen molar-refractivity contribution in [2.45, 2.75) is 6.54 Å². The molecule has 152 valence electrons. The molecular formula is C24H20N6O. The Labute approximate surface area is 178 Å². The van der Waals surface area contributed by atoms with Gasteiger partial charge in [0, 0.05) is 17.3 Å². The molecule has 0 saturated heterocycles. The summed E-state index contributed by atoms with van der Waals surface area (Å²) in [6.45, 7) is 0.562. The van der Waals surface area contributed by atoms with E-state index in [0.717, 1.165) is 27.6 Å². The fourth-order valence-electron chi connectivity index (χ4n) is 3.58. The number of nitrogens with one attached hydrogen (secondary N) is 2. The lowest BCUT2D eigenvalue weighted by Gasteiger charge is -2.04. The van der Waals surface area contributed by atoms with Crippen LogP contribution in [0.1, 0.15) is 16.1 Å². The van der Waals surface area contributed by atoms with Crippen molar-refractivity contribution in [3.05, 3.63) is 96.4 Å². The number of carbonyl (C=O) groups is 1. The summed E-state index contributed by atoms with van der Waals surface area (Å²) in [6.07, 6.45) is 3.40. The lowest BCUT2D eigenvalue weighted by molar-refractivity contribution is 0.102. The van der Waals surface area contributed by atoms with Crippen molar-refractivity contribution in [2.75, 3.05) is 11.1 Å². The molecular weight excluding hydrogens is 388 g/mol. The summed E-state index contributed by atoms with van der Waals surface area (Å²) in [5.74, 6) is -0.292. The molecule has 0 aliphatic rings. The monoisotopic (exact) mass is 408 g/mol. The van der Waals surface area contributed by atoms with Crippen LogP contribution in [0, 0.1) is 0 Å². The van der Waals surface area contributed by atoms with E-state index >= 15 is 0 Å². The van der Waals surface area contributed by atoms with E-state index in [2.05, 4.69) is 20.6 Å². The second kappa shape index (κ2) is 7.79. The van der Waals surface area contributed by atoms with Gasteiger partial charge in [-0.25, -0.2) is 0 Å². The number of carbonyl (C=O) groups excluding carboxylic acids is 1. The number of benzene rings is 3. The maximum absolute atomic E-state index is 12.9. The minimum Gasteiger partial charge on any atom is -0.399 e. The molecule has 0 atom stereocenters. The Hall–Kier alpha value is -4.39. The van der Waals surface area contributed by atoms with Gasteiger partial charge in [0.15, 0.2) is 5.69 Å². The molecule has 7 nitrogen and oxygen atoms in total. The number of rotatable bonds is 5. The average molecular weight is 408 g/mol. The van der Waals surface area contributed by atoms with E-state index in [1.165, 1.54) is 0 Å². The van der Waals surface area contributed by atoms with Crippen LogP contribution in [0.15, 0.2) is 85.2 Å². The summed E-state index contributed by atoms with van der Waals surface area (Å²) < 4.78 is 1.75. The van der Waals surface area contributed by atoms with Gasteiger partial charge in [-0.15, -0.1) is 0 Å². The van der Waals surface area contributed by atoms with Crippen molar-refractivity contribution < 1.29 is 4.79 Å². The van der Waals surface area contributed by atoms with Crippen molar-refractivity contribution in [3.8, 4) is 11.1 Å². The van der Waals surface area contributed by atoms with Crippen LogP contribution in [0.5, 0.6) is 0 Å². The van der Waals surface area contributed by atoms with Crippen LogP contribution in [0.2, 0.25) is 0 Å². The maximum atomic E-state index is 12.9. The minimum atomic E-state index is -0.292. The van der Waals surface area contributed by atoms with Gasteiger partial charge in [0.1, 0.15) is 0 Å². The summed E-state index contributed by atoms with van der Waals surface area (Å²) in [7, 11) is 0. The number of nitrogen functional groups attached to an aromatic ring is 1. The van der Waals surface area contributed by atoms with E-state index in [9.17, 15) is 4.79 Å². The lowest BCUT2D eigenvalue weighted by Crippen LogP contribution is -2.12. The van der Waals surface area contributed by atoms with Crippen molar-refractivity contribution >= 4 is 28.2 Å². The molecule has 31 heavy (non-hydrogen) atoms. The molecule has 3 aromatic carbocycles. The highest BCUT2D eigenvalue weighted by Gasteiger charge is 2.16. The van der Waals surface area contributed by atoms with Crippen molar-refractivity contribution in [2.24, 2.45) is 0 Å². The van der Waals surface area contributed by atoms with Crippen LogP contribution in [0.3, 0.4) is 0 Å². The molecule has 1 amide bonds. The molecule has 2 aromatic heterocycles. The number of hydrogen-bond acceptors (Lipinski definition) is 4. The molecule has 0 aliphatic heterocycles. The number of fused-ring (bicyclic) bond motifs is 1. The molecule has 0 spiro atoms. The van der Waals surface area contributed by atoms with Gasteiger partial charge < -0.3 is 11.1 Å². The molecule has 0 bridgehead atoms. The predicted octanol–water partition coefficient (Wildman–Crippen LogP) is 4.31. The number of hydrogen-bond donors (Lipinski definition) is 3. The molecule has 0 saturated carbocycles. The van der Waals surface area contributed by atoms with Gasteiger partial charge >= 0.3 is 0 Å². The van der Waals surface area contributed by atoms with Crippen molar-refractivity contribution in [1.29, 1.82) is 0 Å². The first-order chi connectivity index (χ1) is 15.2. The summed E-state index contributed by atoms with van der Waals surface area (Å²) >= 11 is 0.